The van der Waals surface area contributed by atoms with Crippen LogP contribution in [0.25, 0.3) is 11.6 Å². The number of phenolic OH excluding ortho intramolecular Hbond substituents is 1. The number of allylic oxidation sites excluding steroid dienone is 2. The van der Waals surface area contributed by atoms with Gasteiger partial charge in [-0.1, -0.05) is 50.3 Å². The van der Waals surface area contributed by atoms with Gasteiger partial charge in [-0.25, -0.2) is 0 Å². The summed E-state index contributed by atoms with van der Waals surface area (Å²) in [5, 5.41) is 30.3. The monoisotopic (exact) mass is 365 g/mol. The SMILES string of the molecule is CC1(C)C(/C=C/c2cc([N+](=O)[O-])ccc2O)=C(CC(=O)O)c2ccccc21. The summed E-state index contributed by atoms with van der Waals surface area (Å²) in [4.78, 5) is 21.8. The number of carboxylic acids is 1. The van der Waals surface area contributed by atoms with Crippen molar-refractivity contribution in [1.29, 1.82) is 0 Å². The predicted octanol–water partition coefficient (Wildman–Crippen LogP) is 4.53. The Morgan fingerprint density at radius 1 is 1.19 bits per heavy atom. The zero-order chi connectivity index (χ0) is 19.8. The van der Waals surface area contributed by atoms with Gasteiger partial charge < -0.3 is 10.2 Å². The highest BCUT2D eigenvalue weighted by atomic mass is 16.6. The molecule has 0 aromatic heterocycles. The van der Waals surface area contributed by atoms with E-state index >= 15 is 0 Å². The van der Waals surface area contributed by atoms with Crippen LogP contribution in [0.3, 0.4) is 0 Å². The number of phenols is 1. The van der Waals surface area contributed by atoms with Crippen molar-refractivity contribution in [2.45, 2.75) is 25.7 Å². The van der Waals surface area contributed by atoms with Gasteiger partial charge in [0.1, 0.15) is 5.75 Å². The molecule has 0 amide bonds. The first-order valence-corrected chi connectivity index (χ1v) is 8.42. The van der Waals surface area contributed by atoms with Gasteiger partial charge in [0.2, 0.25) is 0 Å². The third-order valence-corrected chi connectivity index (χ3v) is 4.90. The fourth-order valence-electron chi connectivity index (χ4n) is 3.57. The van der Waals surface area contributed by atoms with E-state index in [4.69, 9.17) is 0 Å². The van der Waals surface area contributed by atoms with Gasteiger partial charge in [-0.15, -0.1) is 0 Å². The van der Waals surface area contributed by atoms with E-state index in [0.717, 1.165) is 16.7 Å². The molecule has 1 aliphatic rings. The van der Waals surface area contributed by atoms with Gasteiger partial charge in [0.15, 0.2) is 0 Å². The summed E-state index contributed by atoms with van der Waals surface area (Å²) in [6.45, 7) is 4.02. The second kappa shape index (κ2) is 6.72. The molecule has 2 aromatic carbocycles. The molecule has 0 bridgehead atoms. The third-order valence-electron chi connectivity index (χ3n) is 4.90. The van der Waals surface area contributed by atoms with Gasteiger partial charge >= 0.3 is 5.97 Å². The summed E-state index contributed by atoms with van der Waals surface area (Å²) >= 11 is 0. The highest BCUT2D eigenvalue weighted by Crippen LogP contribution is 2.48. The molecule has 0 saturated carbocycles. The fourth-order valence-corrected chi connectivity index (χ4v) is 3.57. The lowest BCUT2D eigenvalue weighted by Gasteiger charge is -2.23. The topological polar surface area (TPSA) is 101 Å². The largest absolute Gasteiger partial charge is 0.507 e. The average molecular weight is 365 g/mol. The van der Waals surface area contributed by atoms with E-state index in [2.05, 4.69) is 0 Å². The van der Waals surface area contributed by atoms with Crippen molar-refractivity contribution in [2.75, 3.05) is 0 Å². The number of nitro benzene ring substituents is 1. The summed E-state index contributed by atoms with van der Waals surface area (Å²) in [7, 11) is 0. The molecule has 0 saturated heterocycles. The molecular weight excluding hydrogens is 346 g/mol. The molecular formula is C21H19NO5. The van der Waals surface area contributed by atoms with Crippen LogP contribution in [-0.2, 0) is 10.2 Å². The maximum atomic E-state index is 11.4. The molecule has 2 N–H and O–H groups in total. The molecule has 0 heterocycles. The van der Waals surface area contributed by atoms with E-state index in [1.807, 2.05) is 38.1 Å². The minimum Gasteiger partial charge on any atom is -0.507 e. The lowest BCUT2D eigenvalue weighted by molar-refractivity contribution is -0.384. The number of hydrogen-bond acceptors (Lipinski definition) is 4. The molecule has 0 unspecified atom stereocenters. The van der Waals surface area contributed by atoms with Gasteiger partial charge in [0, 0.05) is 23.1 Å². The molecule has 0 spiro atoms. The first-order chi connectivity index (χ1) is 12.7. The smallest absolute Gasteiger partial charge is 0.307 e. The lowest BCUT2D eigenvalue weighted by atomic mass is 9.81. The first kappa shape index (κ1) is 18.4. The molecule has 0 aliphatic heterocycles. The second-order valence-electron chi connectivity index (χ2n) is 6.97. The highest BCUT2D eigenvalue weighted by molar-refractivity contribution is 5.92. The summed E-state index contributed by atoms with van der Waals surface area (Å²) in [6, 6.07) is 11.5. The zero-order valence-corrected chi connectivity index (χ0v) is 15.0. The normalized spacial score (nSPS) is 15.2. The summed E-state index contributed by atoms with van der Waals surface area (Å²) in [6.07, 6.45) is 3.21. The quantitative estimate of drug-likeness (QED) is 0.599. The van der Waals surface area contributed by atoms with Gasteiger partial charge in [-0.05, 0) is 28.3 Å². The number of rotatable bonds is 5. The van der Waals surface area contributed by atoms with Crippen molar-refractivity contribution < 1.29 is 19.9 Å². The van der Waals surface area contributed by atoms with Crippen LogP contribution < -0.4 is 0 Å². The molecule has 0 atom stereocenters. The molecule has 27 heavy (non-hydrogen) atoms. The third kappa shape index (κ3) is 3.33. The van der Waals surface area contributed by atoms with Crippen LogP contribution in [0.4, 0.5) is 5.69 Å². The van der Waals surface area contributed by atoms with Gasteiger partial charge in [0.05, 0.1) is 11.3 Å². The fraction of sp³-hybridized carbons (Fsp3) is 0.190. The van der Waals surface area contributed by atoms with Crippen LogP contribution in [0.15, 0.2) is 54.1 Å². The Hall–Kier alpha value is -3.41. The lowest BCUT2D eigenvalue weighted by Crippen LogP contribution is -2.16. The number of aromatic hydroxyl groups is 1. The molecule has 3 rings (SSSR count). The van der Waals surface area contributed by atoms with Crippen LogP contribution in [0, 0.1) is 10.1 Å². The minimum absolute atomic E-state index is 0.0782. The molecule has 2 aromatic rings. The van der Waals surface area contributed by atoms with E-state index in [-0.39, 0.29) is 17.9 Å². The molecule has 1 aliphatic carbocycles. The van der Waals surface area contributed by atoms with Crippen LogP contribution >= 0.6 is 0 Å². The van der Waals surface area contributed by atoms with Crippen LogP contribution in [0.1, 0.15) is 37.0 Å². The number of carboxylic acid groups (broad SMARTS) is 1. The van der Waals surface area contributed by atoms with Crippen LogP contribution in [-0.4, -0.2) is 21.1 Å². The van der Waals surface area contributed by atoms with Crippen molar-refractivity contribution in [2.24, 2.45) is 0 Å². The summed E-state index contributed by atoms with van der Waals surface area (Å²) < 4.78 is 0. The molecule has 6 heteroatoms. The van der Waals surface area contributed by atoms with Crippen molar-refractivity contribution in [3.8, 4) is 5.75 Å². The molecule has 0 fully saturated rings. The number of carbonyl (C=O) groups is 1. The van der Waals surface area contributed by atoms with Crippen molar-refractivity contribution in [3.63, 3.8) is 0 Å². The molecule has 138 valence electrons. The van der Waals surface area contributed by atoms with Crippen molar-refractivity contribution in [1.82, 2.24) is 0 Å². The summed E-state index contributed by atoms with van der Waals surface area (Å²) in [5.74, 6) is -1.01. The van der Waals surface area contributed by atoms with E-state index in [1.165, 1.54) is 18.2 Å². The Balaban J connectivity index is 2.11. The van der Waals surface area contributed by atoms with Gasteiger partial charge in [0.25, 0.3) is 5.69 Å². The van der Waals surface area contributed by atoms with E-state index in [0.29, 0.717) is 11.1 Å². The van der Waals surface area contributed by atoms with Crippen molar-refractivity contribution in [3.05, 3.63) is 80.9 Å². The maximum absolute atomic E-state index is 11.4. The number of aliphatic carboxylic acids is 1. The molecule has 0 radical (unpaired) electrons. The number of nitro groups is 1. The summed E-state index contributed by atoms with van der Waals surface area (Å²) in [5.41, 5.74) is 3.21. The van der Waals surface area contributed by atoms with Gasteiger partial charge in [-0.2, -0.15) is 0 Å². The Bertz CT molecular complexity index is 1000. The van der Waals surface area contributed by atoms with Gasteiger partial charge in [-0.3, -0.25) is 14.9 Å². The highest BCUT2D eigenvalue weighted by Gasteiger charge is 2.36. The van der Waals surface area contributed by atoms with E-state index in [9.17, 15) is 25.1 Å². The van der Waals surface area contributed by atoms with E-state index in [1.54, 1.807) is 12.2 Å². The number of fused-ring (bicyclic) bond motifs is 1. The zero-order valence-electron chi connectivity index (χ0n) is 15.0. The van der Waals surface area contributed by atoms with E-state index < -0.39 is 16.3 Å². The first-order valence-electron chi connectivity index (χ1n) is 8.42. The Kier molecular flexibility index (Phi) is 4.57. The average Bonchev–Trinajstić information content (AvgIpc) is 2.81. The molecule has 6 nitrogen and oxygen atoms in total. The van der Waals surface area contributed by atoms with Crippen LogP contribution in [0.5, 0.6) is 5.75 Å². The minimum atomic E-state index is -0.929. The standard InChI is InChI=1S/C21H19NO5/c1-21(2)17-6-4-3-5-15(17)16(12-20(24)25)18(21)9-7-13-11-14(22(26)27)8-10-19(13)23/h3-11,23H,12H2,1-2H3,(H,24,25)/b9-7+. The Labute approximate surface area is 156 Å². The van der Waals surface area contributed by atoms with Crippen molar-refractivity contribution >= 4 is 23.3 Å². The number of benzene rings is 2. The number of nitrogens with zero attached hydrogens (tertiary/aromatic N) is 1. The second-order valence-corrected chi connectivity index (χ2v) is 6.97. The number of hydrogen-bond donors (Lipinski definition) is 2. The maximum Gasteiger partial charge on any atom is 0.307 e. The Morgan fingerprint density at radius 3 is 2.56 bits per heavy atom. The Morgan fingerprint density at radius 2 is 1.89 bits per heavy atom. The number of non-ortho nitro benzene ring substituents is 1. The van der Waals surface area contributed by atoms with Crippen LogP contribution in [0.2, 0.25) is 0 Å². The predicted molar refractivity (Wildman–Crippen MR) is 102 cm³/mol.